The smallest absolute Gasteiger partial charge is 0.207 e. The molecule has 1 saturated heterocycles. The molecule has 1 aliphatic rings. The van der Waals surface area contributed by atoms with E-state index in [1.807, 2.05) is 24.3 Å². The van der Waals surface area contributed by atoms with Crippen LogP contribution in [-0.4, -0.2) is 42.0 Å². The number of benzene rings is 3. The number of halogens is 1. The first kappa shape index (κ1) is 25.2. The average Bonchev–Trinajstić information content (AvgIpc) is 3.49. The molecule has 1 aliphatic heterocycles. The summed E-state index contributed by atoms with van der Waals surface area (Å²) in [5, 5.41) is 10.7. The van der Waals surface area contributed by atoms with Crippen molar-refractivity contribution in [3.05, 3.63) is 82.5 Å². The quantitative estimate of drug-likeness (QED) is 0.237. The van der Waals surface area contributed by atoms with Gasteiger partial charge in [-0.2, -0.15) is 0 Å². The molecular weight excluding hydrogens is 489 g/mol. The summed E-state index contributed by atoms with van der Waals surface area (Å²) in [5.41, 5.74) is 0.964. The standard InChI is InChI=1S/C30H30FNO4S/c1-3-20-12-13-32(18-20)14-15-35-23-6-8-24(9-7-23)36-29-26-11-5-22(33)17-27(26)37-30(29)28(34)25-10-4-21(31)16-19(25)2/h4-11,16-17,20,33H,3,12-15,18H2,1-2H3/t20-/m1/s1. The molecule has 0 aliphatic carbocycles. The van der Waals surface area contributed by atoms with Crippen LogP contribution in [0.15, 0.2) is 60.7 Å². The lowest BCUT2D eigenvalue weighted by atomic mass is 10.0. The summed E-state index contributed by atoms with van der Waals surface area (Å²) in [6, 6.07) is 16.4. The minimum absolute atomic E-state index is 0.109. The Morgan fingerprint density at radius 1 is 1.11 bits per heavy atom. The van der Waals surface area contributed by atoms with Gasteiger partial charge < -0.3 is 14.6 Å². The monoisotopic (exact) mass is 519 g/mol. The Hall–Kier alpha value is -3.42. The molecule has 5 nitrogen and oxygen atoms in total. The molecule has 1 atom stereocenters. The molecule has 3 aromatic carbocycles. The Balaban J connectivity index is 1.34. The van der Waals surface area contributed by atoms with Gasteiger partial charge in [-0.1, -0.05) is 13.3 Å². The Morgan fingerprint density at radius 2 is 1.89 bits per heavy atom. The second-order valence-electron chi connectivity index (χ2n) is 9.51. The van der Waals surface area contributed by atoms with Crippen LogP contribution in [0, 0.1) is 18.7 Å². The van der Waals surface area contributed by atoms with Gasteiger partial charge in [0.1, 0.15) is 34.5 Å². The lowest BCUT2D eigenvalue weighted by Crippen LogP contribution is -2.26. The molecule has 4 aromatic rings. The van der Waals surface area contributed by atoms with E-state index in [1.54, 1.807) is 25.1 Å². The molecule has 0 spiro atoms. The zero-order chi connectivity index (χ0) is 25.9. The number of rotatable bonds is 9. The third kappa shape index (κ3) is 5.63. The highest BCUT2D eigenvalue weighted by atomic mass is 32.1. The Kier molecular flexibility index (Phi) is 7.44. The van der Waals surface area contributed by atoms with E-state index >= 15 is 0 Å². The summed E-state index contributed by atoms with van der Waals surface area (Å²) < 4.78 is 26.6. The molecule has 1 N–H and O–H groups in total. The van der Waals surface area contributed by atoms with Gasteiger partial charge in [0.15, 0.2) is 5.75 Å². The highest BCUT2D eigenvalue weighted by Crippen LogP contribution is 2.43. The minimum Gasteiger partial charge on any atom is -0.508 e. The number of aryl methyl sites for hydroxylation is 1. The average molecular weight is 520 g/mol. The summed E-state index contributed by atoms with van der Waals surface area (Å²) in [6.45, 7) is 7.79. The molecule has 192 valence electrons. The molecule has 2 heterocycles. The number of carbonyl (C=O) groups is 1. The molecular formula is C30H30FNO4S. The molecule has 0 saturated carbocycles. The van der Waals surface area contributed by atoms with Gasteiger partial charge in [0, 0.05) is 28.7 Å². The zero-order valence-electron chi connectivity index (χ0n) is 21.0. The van der Waals surface area contributed by atoms with E-state index in [4.69, 9.17) is 9.47 Å². The van der Waals surface area contributed by atoms with Gasteiger partial charge in [0.25, 0.3) is 0 Å². The van der Waals surface area contributed by atoms with Crippen LogP contribution in [0.5, 0.6) is 23.0 Å². The number of hydrogen-bond donors (Lipinski definition) is 1. The lowest BCUT2D eigenvalue weighted by Gasteiger charge is -2.16. The number of phenolic OH excluding ortho intramolecular Hbond substituents is 1. The molecule has 7 heteroatoms. The lowest BCUT2D eigenvalue weighted by molar-refractivity contribution is 0.104. The maximum absolute atomic E-state index is 13.6. The van der Waals surface area contributed by atoms with Crippen LogP contribution >= 0.6 is 11.3 Å². The molecule has 0 bridgehead atoms. The van der Waals surface area contributed by atoms with Crippen LogP contribution in [0.25, 0.3) is 10.1 Å². The van der Waals surface area contributed by atoms with Crippen molar-refractivity contribution in [3.63, 3.8) is 0 Å². The second-order valence-corrected chi connectivity index (χ2v) is 10.6. The van der Waals surface area contributed by atoms with Gasteiger partial charge >= 0.3 is 0 Å². The van der Waals surface area contributed by atoms with E-state index < -0.39 is 0 Å². The molecule has 0 radical (unpaired) electrons. The number of ketones is 1. The third-order valence-electron chi connectivity index (χ3n) is 6.93. The van der Waals surface area contributed by atoms with E-state index in [9.17, 15) is 14.3 Å². The van der Waals surface area contributed by atoms with Crippen molar-refractivity contribution in [2.24, 2.45) is 5.92 Å². The fraction of sp³-hybridized carbons (Fsp3) is 0.300. The van der Waals surface area contributed by atoms with Crippen LogP contribution in [0.4, 0.5) is 4.39 Å². The van der Waals surface area contributed by atoms with E-state index in [0.29, 0.717) is 34.1 Å². The second kappa shape index (κ2) is 10.9. The number of ether oxygens (including phenoxy) is 2. The third-order valence-corrected chi connectivity index (χ3v) is 8.07. The fourth-order valence-electron chi connectivity index (χ4n) is 4.78. The highest BCUT2D eigenvalue weighted by Gasteiger charge is 2.24. The van der Waals surface area contributed by atoms with Gasteiger partial charge in [0.05, 0.1) is 0 Å². The maximum Gasteiger partial charge on any atom is 0.207 e. The number of phenols is 1. The summed E-state index contributed by atoms with van der Waals surface area (Å²) in [7, 11) is 0. The summed E-state index contributed by atoms with van der Waals surface area (Å²) in [6.07, 6.45) is 2.50. The van der Waals surface area contributed by atoms with Crippen LogP contribution in [0.1, 0.15) is 40.6 Å². The van der Waals surface area contributed by atoms with E-state index in [0.717, 1.165) is 41.4 Å². The number of likely N-dealkylation sites (tertiary alicyclic amines) is 1. The molecule has 1 fully saturated rings. The van der Waals surface area contributed by atoms with Crippen molar-refractivity contribution in [1.29, 1.82) is 0 Å². The van der Waals surface area contributed by atoms with Crippen LogP contribution in [0.3, 0.4) is 0 Å². The van der Waals surface area contributed by atoms with Gasteiger partial charge in [0.2, 0.25) is 5.78 Å². The van der Waals surface area contributed by atoms with E-state index in [2.05, 4.69) is 11.8 Å². The molecule has 1 aromatic heterocycles. The molecule has 37 heavy (non-hydrogen) atoms. The van der Waals surface area contributed by atoms with Gasteiger partial charge in [-0.05, 0) is 92.0 Å². The first-order chi connectivity index (χ1) is 17.9. The first-order valence-corrected chi connectivity index (χ1v) is 13.4. The zero-order valence-corrected chi connectivity index (χ0v) is 21.8. The SMILES string of the molecule is CC[C@@H]1CCN(CCOc2ccc(Oc3c(C(=O)c4ccc(F)cc4C)sc4cc(O)ccc34)cc2)C1. The predicted molar refractivity (Wildman–Crippen MR) is 145 cm³/mol. The van der Waals surface area contributed by atoms with Crippen LogP contribution in [-0.2, 0) is 0 Å². The fourth-order valence-corrected chi connectivity index (χ4v) is 5.90. The van der Waals surface area contributed by atoms with Crippen molar-refractivity contribution < 1.29 is 23.8 Å². The number of thiophene rings is 1. The van der Waals surface area contributed by atoms with Crippen molar-refractivity contribution in [2.75, 3.05) is 26.2 Å². The normalized spacial score (nSPS) is 15.8. The van der Waals surface area contributed by atoms with Crippen LogP contribution in [0.2, 0.25) is 0 Å². The topological polar surface area (TPSA) is 59.0 Å². The predicted octanol–water partition coefficient (Wildman–Crippen LogP) is 7.19. The van der Waals surface area contributed by atoms with Crippen molar-refractivity contribution >= 4 is 27.2 Å². The summed E-state index contributed by atoms with van der Waals surface area (Å²) >= 11 is 1.24. The van der Waals surface area contributed by atoms with Gasteiger partial charge in [-0.25, -0.2) is 4.39 Å². The largest absolute Gasteiger partial charge is 0.508 e. The Bertz CT molecular complexity index is 1420. The van der Waals surface area contributed by atoms with Crippen molar-refractivity contribution in [2.45, 2.75) is 26.7 Å². The number of hydrogen-bond acceptors (Lipinski definition) is 6. The first-order valence-electron chi connectivity index (χ1n) is 12.6. The molecule has 0 amide bonds. The molecule has 0 unspecified atom stereocenters. The van der Waals surface area contributed by atoms with E-state index in [1.165, 1.54) is 42.4 Å². The minimum atomic E-state index is -0.389. The van der Waals surface area contributed by atoms with Crippen molar-refractivity contribution in [1.82, 2.24) is 4.90 Å². The van der Waals surface area contributed by atoms with Gasteiger partial charge in [-0.15, -0.1) is 11.3 Å². The summed E-state index contributed by atoms with van der Waals surface area (Å²) in [4.78, 5) is 16.3. The molecule has 5 rings (SSSR count). The number of carbonyl (C=O) groups excluding carboxylic acids is 1. The number of nitrogens with zero attached hydrogens (tertiary/aromatic N) is 1. The Labute approximate surface area is 220 Å². The van der Waals surface area contributed by atoms with E-state index in [-0.39, 0.29) is 17.3 Å². The van der Waals surface area contributed by atoms with Crippen LogP contribution < -0.4 is 9.47 Å². The van der Waals surface area contributed by atoms with Crippen molar-refractivity contribution in [3.8, 4) is 23.0 Å². The Morgan fingerprint density at radius 3 is 2.62 bits per heavy atom. The maximum atomic E-state index is 13.6. The number of aromatic hydroxyl groups is 1. The van der Waals surface area contributed by atoms with Gasteiger partial charge in [-0.3, -0.25) is 9.69 Å². The highest BCUT2D eigenvalue weighted by molar-refractivity contribution is 7.21. The summed E-state index contributed by atoms with van der Waals surface area (Å²) in [5.74, 6) is 2.02. The number of fused-ring (bicyclic) bond motifs is 1.